The molecule has 1 heterocycles. The summed E-state index contributed by atoms with van der Waals surface area (Å²) in [6, 6.07) is 0. The molecule has 1 atom stereocenters. The first-order valence-corrected chi connectivity index (χ1v) is 4.30. The number of hydrogen-bond acceptors (Lipinski definition) is 1. The SMILES string of the molecule is C=C1CC[C@@]12CCN(C(=O)O)C2. The van der Waals surface area contributed by atoms with Crippen molar-refractivity contribution in [3.05, 3.63) is 12.2 Å². The Labute approximate surface area is 71.7 Å². The van der Waals surface area contributed by atoms with Crippen LogP contribution in [0.3, 0.4) is 0 Å². The van der Waals surface area contributed by atoms with Gasteiger partial charge in [-0.15, -0.1) is 0 Å². The zero-order chi connectivity index (χ0) is 8.77. The first kappa shape index (κ1) is 7.65. The Balaban J connectivity index is 2.07. The monoisotopic (exact) mass is 167 g/mol. The summed E-state index contributed by atoms with van der Waals surface area (Å²) in [5.41, 5.74) is 1.43. The Kier molecular flexibility index (Phi) is 1.43. The number of carbonyl (C=O) groups is 1. The minimum atomic E-state index is -0.786. The van der Waals surface area contributed by atoms with Crippen LogP contribution in [-0.2, 0) is 0 Å². The molecule has 1 N–H and O–H groups in total. The van der Waals surface area contributed by atoms with Crippen LogP contribution in [0.15, 0.2) is 12.2 Å². The molecule has 1 amide bonds. The van der Waals surface area contributed by atoms with Crippen molar-refractivity contribution in [1.29, 1.82) is 0 Å². The van der Waals surface area contributed by atoms with Crippen LogP contribution in [-0.4, -0.2) is 29.2 Å². The van der Waals surface area contributed by atoms with Gasteiger partial charge in [-0.1, -0.05) is 12.2 Å². The maximum absolute atomic E-state index is 10.6. The van der Waals surface area contributed by atoms with E-state index < -0.39 is 6.09 Å². The molecule has 2 fully saturated rings. The largest absolute Gasteiger partial charge is 0.465 e. The fourth-order valence-electron chi connectivity index (χ4n) is 2.18. The third-order valence-corrected chi connectivity index (χ3v) is 3.28. The van der Waals surface area contributed by atoms with E-state index in [1.807, 2.05) is 0 Å². The quantitative estimate of drug-likeness (QED) is 0.558. The zero-order valence-electron chi connectivity index (χ0n) is 7.05. The van der Waals surface area contributed by atoms with Crippen molar-refractivity contribution in [2.45, 2.75) is 19.3 Å². The Morgan fingerprint density at radius 1 is 1.58 bits per heavy atom. The van der Waals surface area contributed by atoms with Crippen LogP contribution in [0.1, 0.15) is 19.3 Å². The average molecular weight is 167 g/mol. The van der Waals surface area contributed by atoms with Crippen LogP contribution in [0, 0.1) is 5.41 Å². The second-order valence-corrected chi connectivity index (χ2v) is 3.84. The van der Waals surface area contributed by atoms with Crippen molar-refractivity contribution in [3.63, 3.8) is 0 Å². The summed E-state index contributed by atoms with van der Waals surface area (Å²) in [5, 5.41) is 8.75. The topological polar surface area (TPSA) is 40.5 Å². The predicted molar refractivity (Wildman–Crippen MR) is 45.0 cm³/mol. The highest BCUT2D eigenvalue weighted by molar-refractivity contribution is 5.65. The molecule has 1 saturated carbocycles. The summed E-state index contributed by atoms with van der Waals surface area (Å²) in [6.07, 6.45) is 2.42. The minimum Gasteiger partial charge on any atom is -0.465 e. The van der Waals surface area contributed by atoms with Crippen LogP contribution in [0.25, 0.3) is 0 Å². The molecule has 3 nitrogen and oxygen atoms in total. The molecule has 3 heteroatoms. The van der Waals surface area contributed by atoms with Crippen LogP contribution in [0.2, 0.25) is 0 Å². The van der Waals surface area contributed by atoms with E-state index in [9.17, 15) is 4.79 Å². The van der Waals surface area contributed by atoms with Gasteiger partial charge in [-0.25, -0.2) is 4.79 Å². The van der Waals surface area contributed by atoms with E-state index in [1.54, 1.807) is 0 Å². The van der Waals surface area contributed by atoms with Crippen molar-refractivity contribution in [2.75, 3.05) is 13.1 Å². The minimum absolute atomic E-state index is 0.179. The molecule has 1 aliphatic carbocycles. The standard InChI is InChI=1S/C9H13NO2/c1-7-2-3-9(7)4-5-10(6-9)8(11)12/h1-6H2,(H,11,12)/t9-/m0/s1. The van der Waals surface area contributed by atoms with Gasteiger partial charge in [-0.3, -0.25) is 0 Å². The fourth-order valence-corrected chi connectivity index (χ4v) is 2.18. The highest BCUT2D eigenvalue weighted by Crippen LogP contribution is 2.51. The summed E-state index contributed by atoms with van der Waals surface area (Å²) in [7, 11) is 0. The molecule has 1 aliphatic heterocycles. The lowest BCUT2D eigenvalue weighted by atomic mass is 9.65. The van der Waals surface area contributed by atoms with E-state index >= 15 is 0 Å². The Morgan fingerprint density at radius 3 is 2.58 bits per heavy atom. The molecule has 2 aliphatic rings. The molecular weight excluding hydrogens is 154 g/mol. The first-order valence-electron chi connectivity index (χ1n) is 4.30. The molecule has 0 aromatic rings. The summed E-state index contributed by atoms with van der Waals surface area (Å²) < 4.78 is 0. The Bertz CT molecular complexity index is 249. The van der Waals surface area contributed by atoms with Crippen LogP contribution < -0.4 is 0 Å². The lowest BCUT2D eigenvalue weighted by Crippen LogP contribution is -2.36. The van der Waals surface area contributed by atoms with Crippen molar-refractivity contribution >= 4 is 6.09 Å². The van der Waals surface area contributed by atoms with Gasteiger partial charge < -0.3 is 10.0 Å². The first-order chi connectivity index (χ1) is 5.64. The van der Waals surface area contributed by atoms with Gasteiger partial charge >= 0.3 is 6.09 Å². The molecule has 1 spiro atoms. The summed E-state index contributed by atoms with van der Waals surface area (Å²) >= 11 is 0. The Morgan fingerprint density at radius 2 is 2.33 bits per heavy atom. The van der Waals surface area contributed by atoms with E-state index in [2.05, 4.69) is 6.58 Å². The molecule has 0 bridgehead atoms. The summed E-state index contributed by atoms with van der Waals surface area (Å²) in [6.45, 7) is 5.34. The van der Waals surface area contributed by atoms with Gasteiger partial charge in [0.25, 0.3) is 0 Å². The number of hydrogen-bond donors (Lipinski definition) is 1. The lowest BCUT2D eigenvalue weighted by Gasteiger charge is -2.40. The van der Waals surface area contributed by atoms with Crippen molar-refractivity contribution in [3.8, 4) is 0 Å². The normalized spacial score (nSPS) is 34.0. The van der Waals surface area contributed by atoms with E-state index in [0.29, 0.717) is 13.1 Å². The highest BCUT2D eigenvalue weighted by atomic mass is 16.4. The number of amides is 1. The molecule has 1 saturated heterocycles. The van der Waals surface area contributed by atoms with Gasteiger partial charge in [0, 0.05) is 18.5 Å². The smallest absolute Gasteiger partial charge is 0.407 e. The van der Waals surface area contributed by atoms with E-state index in [0.717, 1.165) is 19.3 Å². The third-order valence-electron chi connectivity index (χ3n) is 3.28. The second-order valence-electron chi connectivity index (χ2n) is 3.84. The molecular formula is C9H13NO2. The van der Waals surface area contributed by atoms with E-state index in [4.69, 9.17) is 5.11 Å². The fraction of sp³-hybridized carbons (Fsp3) is 0.667. The maximum Gasteiger partial charge on any atom is 0.407 e. The average Bonchev–Trinajstić information content (AvgIpc) is 2.48. The van der Waals surface area contributed by atoms with Crippen molar-refractivity contribution in [2.24, 2.45) is 5.41 Å². The van der Waals surface area contributed by atoms with Crippen molar-refractivity contribution < 1.29 is 9.90 Å². The Hall–Kier alpha value is -0.990. The second kappa shape index (κ2) is 2.25. The van der Waals surface area contributed by atoms with Gasteiger partial charge in [-0.2, -0.15) is 0 Å². The molecule has 0 unspecified atom stereocenters. The van der Waals surface area contributed by atoms with Crippen molar-refractivity contribution in [1.82, 2.24) is 4.90 Å². The van der Waals surface area contributed by atoms with Gasteiger partial charge in [-0.05, 0) is 19.3 Å². The van der Waals surface area contributed by atoms with E-state index in [-0.39, 0.29) is 5.41 Å². The summed E-state index contributed by atoms with van der Waals surface area (Å²) in [5.74, 6) is 0. The molecule has 0 aromatic carbocycles. The highest BCUT2D eigenvalue weighted by Gasteiger charge is 2.46. The zero-order valence-corrected chi connectivity index (χ0v) is 7.05. The van der Waals surface area contributed by atoms with Crippen LogP contribution >= 0.6 is 0 Å². The van der Waals surface area contributed by atoms with Crippen LogP contribution in [0.5, 0.6) is 0 Å². The van der Waals surface area contributed by atoms with Crippen LogP contribution in [0.4, 0.5) is 4.79 Å². The summed E-state index contributed by atoms with van der Waals surface area (Å²) in [4.78, 5) is 12.1. The van der Waals surface area contributed by atoms with Gasteiger partial charge in [0.15, 0.2) is 0 Å². The van der Waals surface area contributed by atoms with Gasteiger partial charge in [0.1, 0.15) is 0 Å². The lowest BCUT2D eigenvalue weighted by molar-refractivity contribution is 0.146. The van der Waals surface area contributed by atoms with Gasteiger partial charge in [0.2, 0.25) is 0 Å². The number of likely N-dealkylation sites (tertiary alicyclic amines) is 1. The molecule has 2 rings (SSSR count). The van der Waals surface area contributed by atoms with Gasteiger partial charge in [0.05, 0.1) is 0 Å². The number of carboxylic acid groups (broad SMARTS) is 1. The predicted octanol–water partition coefficient (Wildman–Crippen LogP) is 1.71. The molecule has 66 valence electrons. The molecule has 0 radical (unpaired) electrons. The maximum atomic E-state index is 10.6. The number of nitrogens with zero attached hydrogens (tertiary/aromatic N) is 1. The number of rotatable bonds is 0. The molecule has 0 aromatic heterocycles. The van der Waals surface area contributed by atoms with E-state index in [1.165, 1.54) is 10.5 Å². The molecule has 12 heavy (non-hydrogen) atoms. The third kappa shape index (κ3) is 0.854.